The monoisotopic (exact) mass is 202 g/mol. The third-order valence-corrected chi connectivity index (χ3v) is 2.92. The molecule has 1 aliphatic heterocycles. The van der Waals surface area contributed by atoms with Crippen molar-refractivity contribution in [3.63, 3.8) is 0 Å². The standard InChI is InChI=1S/C13H18N2/c1-10(2)15-11(3)5-4-6-12-7-8-14-9-13(12)15/h7-10H,3-6H2,1-2H3. The summed E-state index contributed by atoms with van der Waals surface area (Å²) in [6.07, 6.45) is 7.27. The van der Waals surface area contributed by atoms with Gasteiger partial charge in [-0.15, -0.1) is 0 Å². The lowest BCUT2D eigenvalue weighted by Crippen LogP contribution is -2.29. The van der Waals surface area contributed by atoms with Gasteiger partial charge >= 0.3 is 0 Å². The topological polar surface area (TPSA) is 16.1 Å². The molecule has 0 atom stereocenters. The van der Waals surface area contributed by atoms with Crippen LogP contribution in [0.15, 0.2) is 30.7 Å². The largest absolute Gasteiger partial charge is 0.342 e. The van der Waals surface area contributed by atoms with Gasteiger partial charge in [-0.3, -0.25) is 4.98 Å². The van der Waals surface area contributed by atoms with Crippen LogP contribution in [0.1, 0.15) is 32.3 Å². The maximum atomic E-state index is 4.22. The number of anilines is 1. The van der Waals surface area contributed by atoms with Crippen LogP contribution in [0.25, 0.3) is 0 Å². The molecule has 0 fully saturated rings. The van der Waals surface area contributed by atoms with Gasteiger partial charge in [-0.2, -0.15) is 0 Å². The van der Waals surface area contributed by atoms with E-state index in [1.807, 2.05) is 12.4 Å². The first-order valence-corrected chi connectivity index (χ1v) is 5.60. The molecule has 2 heterocycles. The Morgan fingerprint density at radius 2 is 2.20 bits per heavy atom. The van der Waals surface area contributed by atoms with E-state index in [1.54, 1.807) is 0 Å². The Balaban J connectivity index is 2.47. The summed E-state index contributed by atoms with van der Waals surface area (Å²) in [6, 6.07) is 2.59. The van der Waals surface area contributed by atoms with Crippen molar-refractivity contribution in [2.75, 3.05) is 4.90 Å². The Morgan fingerprint density at radius 1 is 1.40 bits per heavy atom. The zero-order valence-corrected chi connectivity index (χ0v) is 9.53. The van der Waals surface area contributed by atoms with E-state index in [2.05, 4.69) is 36.4 Å². The molecule has 0 saturated heterocycles. The van der Waals surface area contributed by atoms with Gasteiger partial charge in [0, 0.05) is 17.9 Å². The number of hydrogen-bond acceptors (Lipinski definition) is 2. The molecule has 0 saturated carbocycles. The first-order valence-electron chi connectivity index (χ1n) is 5.60. The maximum absolute atomic E-state index is 4.22. The summed E-state index contributed by atoms with van der Waals surface area (Å²) in [6.45, 7) is 8.58. The second-order valence-electron chi connectivity index (χ2n) is 4.39. The Labute approximate surface area is 91.6 Å². The van der Waals surface area contributed by atoms with E-state index in [-0.39, 0.29) is 0 Å². The highest BCUT2D eigenvalue weighted by Gasteiger charge is 2.20. The van der Waals surface area contributed by atoms with Crippen molar-refractivity contribution in [1.82, 2.24) is 4.98 Å². The quantitative estimate of drug-likeness (QED) is 0.695. The Kier molecular flexibility index (Phi) is 2.76. The number of pyridine rings is 1. The molecular formula is C13H18N2. The summed E-state index contributed by atoms with van der Waals surface area (Å²) in [7, 11) is 0. The van der Waals surface area contributed by atoms with Crippen LogP contribution in [-0.4, -0.2) is 11.0 Å². The van der Waals surface area contributed by atoms with Gasteiger partial charge in [-0.1, -0.05) is 6.58 Å². The lowest BCUT2D eigenvalue weighted by Gasteiger charge is -2.30. The second kappa shape index (κ2) is 4.05. The van der Waals surface area contributed by atoms with Crippen LogP contribution in [-0.2, 0) is 6.42 Å². The molecular weight excluding hydrogens is 184 g/mol. The molecule has 1 aliphatic rings. The summed E-state index contributed by atoms with van der Waals surface area (Å²) in [5.41, 5.74) is 3.86. The Hall–Kier alpha value is -1.31. The number of rotatable bonds is 1. The predicted molar refractivity (Wildman–Crippen MR) is 63.9 cm³/mol. The highest BCUT2D eigenvalue weighted by atomic mass is 15.2. The Bertz CT molecular complexity index is 369. The van der Waals surface area contributed by atoms with Gasteiger partial charge in [0.05, 0.1) is 11.9 Å². The van der Waals surface area contributed by atoms with E-state index < -0.39 is 0 Å². The van der Waals surface area contributed by atoms with Crippen molar-refractivity contribution in [2.45, 2.75) is 39.2 Å². The fourth-order valence-electron chi connectivity index (χ4n) is 2.26. The third kappa shape index (κ3) is 1.89. The van der Waals surface area contributed by atoms with E-state index in [9.17, 15) is 0 Å². The van der Waals surface area contributed by atoms with Crippen LogP contribution >= 0.6 is 0 Å². The molecule has 15 heavy (non-hydrogen) atoms. The third-order valence-electron chi connectivity index (χ3n) is 2.92. The highest BCUT2D eigenvalue weighted by Crippen LogP contribution is 2.31. The molecule has 0 amide bonds. The van der Waals surface area contributed by atoms with Gasteiger partial charge in [-0.25, -0.2) is 0 Å². The fraction of sp³-hybridized carbons (Fsp3) is 0.462. The van der Waals surface area contributed by atoms with Crippen molar-refractivity contribution < 1.29 is 0 Å². The lowest BCUT2D eigenvalue weighted by atomic mass is 10.1. The zero-order chi connectivity index (χ0) is 10.8. The van der Waals surface area contributed by atoms with Crippen molar-refractivity contribution in [1.29, 1.82) is 0 Å². The number of hydrogen-bond donors (Lipinski definition) is 0. The minimum atomic E-state index is 0.457. The van der Waals surface area contributed by atoms with Crippen LogP contribution in [0.2, 0.25) is 0 Å². The van der Waals surface area contributed by atoms with Crippen LogP contribution in [0.5, 0.6) is 0 Å². The van der Waals surface area contributed by atoms with E-state index >= 15 is 0 Å². The van der Waals surface area contributed by atoms with Crippen molar-refractivity contribution >= 4 is 5.69 Å². The summed E-state index contributed by atoms with van der Waals surface area (Å²) in [4.78, 5) is 6.54. The molecule has 2 rings (SSSR count). The molecule has 2 nitrogen and oxygen atoms in total. The fourth-order valence-corrected chi connectivity index (χ4v) is 2.26. The van der Waals surface area contributed by atoms with Crippen molar-refractivity contribution in [2.24, 2.45) is 0 Å². The number of allylic oxidation sites excluding steroid dienone is 1. The number of aryl methyl sites for hydroxylation is 1. The van der Waals surface area contributed by atoms with E-state index in [0.29, 0.717) is 6.04 Å². The molecule has 0 N–H and O–H groups in total. The molecule has 1 aromatic heterocycles. The molecule has 0 aliphatic carbocycles. The van der Waals surface area contributed by atoms with Gasteiger partial charge in [0.2, 0.25) is 0 Å². The minimum absolute atomic E-state index is 0.457. The van der Waals surface area contributed by atoms with E-state index in [4.69, 9.17) is 0 Å². The summed E-state index contributed by atoms with van der Waals surface area (Å²) in [5, 5.41) is 0. The smallest absolute Gasteiger partial charge is 0.0629 e. The number of nitrogens with zero attached hydrogens (tertiary/aromatic N) is 2. The predicted octanol–water partition coefficient (Wildman–Crippen LogP) is 3.15. The minimum Gasteiger partial charge on any atom is -0.342 e. The van der Waals surface area contributed by atoms with Gasteiger partial charge in [0.1, 0.15) is 0 Å². The molecule has 1 aromatic rings. The average Bonchev–Trinajstić information content (AvgIpc) is 2.35. The van der Waals surface area contributed by atoms with Crippen LogP contribution in [0.4, 0.5) is 5.69 Å². The van der Waals surface area contributed by atoms with Crippen LogP contribution in [0.3, 0.4) is 0 Å². The maximum Gasteiger partial charge on any atom is 0.0629 e. The van der Waals surface area contributed by atoms with E-state index in [1.165, 1.54) is 23.4 Å². The Morgan fingerprint density at radius 3 is 2.93 bits per heavy atom. The summed E-state index contributed by atoms with van der Waals surface area (Å²) >= 11 is 0. The van der Waals surface area contributed by atoms with Gasteiger partial charge in [0.25, 0.3) is 0 Å². The van der Waals surface area contributed by atoms with Crippen molar-refractivity contribution in [3.05, 3.63) is 36.3 Å². The summed E-state index contributed by atoms with van der Waals surface area (Å²) < 4.78 is 0. The zero-order valence-electron chi connectivity index (χ0n) is 9.53. The summed E-state index contributed by atoms with van der Waals surface area (Å²) in [5.74, 6) is 0. The molecule has 0 aromatic carbocycles. The van der Waals surface area contributed by atoms with Crippen LogP contribution in [0, 0.1) is 0 Å². The molecule has 0 radical (unpaired) electrons. The molecule has 80 valence electrons. The SMILES string of the molecule is C=C1CCCc2ccncc2N1C(C)C. The molecule has 0 bridgehead atoms. The molecule has 0 spiro atoms. The molecule has 2 heteroatoms. The highest BCUT2D eigenvalue weighted by molar-refractivity contribution is 5.57. The molecule has 0 unspecified atom stereocenters. The van der Waals surface area contributed by atoms with E-state index in [0.717, 1.165) is 12.8 Å². The number of aromatic nitrogens is 1. The first-order chi connectivity index (χ1) is 7.20. The average molecular weight is 202 g/mol. The first kappa shape index (κ1) is 10.2. The van der Waals surface area contributed by atoms with Gasteiger partial charge in [-0.05, 0) is 44.7 Å². The van der Waals surface area contributed by atoms with Crippen LogP contribution < -0.4 is 4.90 Å². The lowest BCUT2D eigenvalue weighted by molar-refractivity contribution is 0.723. The van der Waals surface area contributed by atoms with Crippen molar-refractivity contribution in [3.8, 4) is 0 Å². The van der Waals surface area contributed by atoms with Gasteiger partial charge in [0.15, 0.2) is 0 Å². The second-order valence-corrected chi connectivity index (χ2v) is 4.39. The van der Waals surface area contributed by atoms with Gasteiger partial charge < -0.3 is 4.90 Å². The number of fused-ring (bicyclic) bond motifs is 1. The normalized spacial score (nSPS) is 16.5.